The third-order valence-electron chi connectivity index (χ3n) is 3.41. The van der Waals surface area contributed by atoms with Crippen LogP contribution in [0.2, 0.25) is 0 Å². The molecule has 0 saturated carbocycles. The van der Waals surface area contributed by atoms with Gasteiger partial charge in [0.15, 0.2) is 0 Å². The minimum atomic E-state index is -0.591. The number of nitrogens with one attached hydrogen (secondary N) is 1. The molecule has 2 N–H and O–H groups in total. The Balaban J connectivity index is 1.86. The Labute approximate surface area is 109 Å². The fraction of sp³-hybridized carbons (Fsp3) is 0.200. The SMILES string of the molecule is Oc1ccc2c(c1)CCC2Nc1cc(F)cc(F)c1. The third kappa shape index (κ3) is 2.38. The standard InChI is InChI=1S/C15H13F2NO/c16-10-6-11(17)8-12(7-10)18-15-4-1-9-5-13(19)2-3-14(9)15/h2-3,5-8,15,18-19H,1,4H2. The summed E-state index contributed by atoms with van der Waals surface area (Å²) in [6, 6.07) is 8.66. The zero-order chi connectivity index (χ0) is 13.4. The van der Waals surface area contributed by atoms with Gasteiger partial charge in [0.05, 0.1) is 6.04 Å². The number of aromatic hydroxyl groups is 1. The molecular weight excluding hydrogens is 248 g/mol. The van der Waals surface area contributed by atoms with Crippen molar-refractivity contribution in [1.29, 1.82) is 0 Å². The fourth-order valence-electron chi connectivity index (χ4n) is 2.59. The highest BCUT2D eigenvalue weighted by atomic mass is 19.1. The minimum absolute atomic E-state index is 0.0248. The molecule has 0 aromatic heterocycles. The minimum Gasteiger partial charge on any atom is -0.508 e. The zero-order valence-electron chi connectivity index (χ0n) is 10.2. The normalized spacial score (nSPS) is 17.3. The van der Waals surface area contributed by atoms with Crippen LogP contribution in [0.15, 0.2) is 36.4 Å². The Morgan fingerprint density at radius 1 is 1.05 bits per heavy atom. The Bertz CT molecular complexity index is 607. The predicted octanol–water partition coefficient (Wildman–Crippen LogP) is 3.77. The second-order valence-corrected chi connectivity index (χ2v) is 4.78. The molecule has 1 aliphatic rings. The van der Waals surface area contributed by atoms with Crippen LogP contribution in [0.1, 0.15) is 23.6 Å². The van der Waals surface area contributed by atoms with Gasteiger partial charge in [-0.15, -0.1) is 0 Å². The summed E-state index contributed by atoms with van der Waals surface area (Å²) in [6.45, 7) is 0. The van der Waals surface area contributed by atoms with Crippen LogP contribution >= 0.6 is 0 Å². The van der Waals surface area contributed by atoms with Gasteiger partial charge in [-0.05, 0) is 48.2 Å². The van der Waals surface area contributed by atoms with Gasteiger partial charge in [-0.1, -0.05) is 6.07 Å². The number of hydrogen-bond donors (Lipinski definition) is 2. The van der Waals surface area contributed by atoms with Crippen molar-refractivity contribution >= 4 is 5.69 Å². The predicted molar refractivity (Wildman–Crippen MR) is 69.1 cm³/mol. The van der Waals surface area contributed by atoms with Gasteiger partial charge in [-0.25, -0.2) is 8.78 Å². The van der Waals surface area contributed by atoms with E-state index in [4.69, 9.17) is 0 Å². The van der Waals surface area contributed by atoms with E-state index in [1.807, 2.05) is 6.07 Å². The molecule has 1 aliphatic carbocycles. The molecule has 3 rings (SSSR count). The molecule has 0 fully saturated rings. The van der Waals surface area contributed by atoms with Crippen LogP contribution in [0.5, 0.6) is 5.75 Å². The third-order valence-corrected chi connectivity index (χ3v) is 3.41. The largest absolute Gasteiger partial charge is 0.508 e. The van der Waals surface area contributed by atoms with E-state index in [-0.39, 0.29) is 11.8 Å². The molecule has 0 aliphatic heterocycles. The van der Waals surface area contributed by atoms with E-state index in [0.29, 0.717) is 5.69 Å². The maximum absolute atomic E-state index is 13.1. The summed E-state index contributed by atoms with van der Waals surface area (Å²) in [5.74, 6) is -0.936. The molecule has 0 radical (unpaired) electrons. The summed E-state index contributed by atoms with van der Waals surface area (Å²) in [4.78, 5) is 0. The van der Waals surface area contributed by atoms with Crippen LogP contribution in [-0.2, 0) is 6.42 Å². The highest BCUT2D eigenvalue weighted by molar-refractivity contribution is 5.49. The zero-order valence-corrected chi connectivity index (χ0v) is 10.2. The highest BCUT2D eigenvalue weighted by Crippen LogP contribution is 2.35. The van der Waals surface area contributed by atoms with E-state index in [9.17, 15) is 13.9 Å². The van der Waals surface area contributed by atoms with Crippen molar-refractivity contribution in [2.45, 2.75) is 18.9 Å². The number of fused-ring (bicyclic) bond motifs is 1. The van der Waals surface area contributed by atoms with Crippen molar-refractivity contribution in [3.63, 3.8) is 0 Å². The molecule has 0 amide bonds. The van der Waals surface area contributed by atoms with Crippen molar-refractivity contribution in [3.05, 3.63) is 59.2 Å². The molecule has 1 unspecified atom stereocenters. The average Bonchev–Trinajstić information content (AvgIpc) is 2.70. The summed E-state index contributed by atoms with van der Waals surface area (Å²) in [5.41, 5.74) is 2.58. The van der Waals surface area contributed by atoms with Crippen molar-refractivity contribution < 1.29 is 13.9 Å². The van der Waals surface area contributed by atoms with Crippen molar-refractivity contribution in [2.75, 3.05) is 5.32 Å². The van der Waals surface area contributed by atoms with Crippen LogP contribution in [0.25, 0.3) is 0 Å². The Kier molecular flexibility index (Phi) is 2.85. The van der Waals surface area contributed by atoms with E-state index in [1.54, 1.807) is 12.1 Å². The first-order chi connectivity index (χ1) is 9.11. The molecule has 2 nitrogen and oxygen atoms in total. The van der Waals surface area contributed by atoms with Crippen LogP contribution in [-0.4, -0.2) is 5.11 Å². The first kappa shape index (κ1) is 12.0. The second kappa shape index (κ2) is 4.53. The van der Waals surface area contributed by atoms with Gasteiger partial charge in [0.25, 0.3) is 0 Å². The molecule has 2 aromatic rings. The number of rotatable bonds is 2. The molecule has 0 spiro atoms. The topological polar surface area (TPSA) is 32.3 Å². The molecule has 2 aromatic carbocycles. The van der Waals surface area contributed by atoms with Gasteiger partial charge >= 0.3 is 0 Å². The number of phenolic OH excluding ortho intramolecular Hbond substituents is 1. The monoisotopic (exact) mass is 261 g/mol. The molecule has 19 heavy (non-hydrogen) atoms. The van der Waals surface area contributed by atoms with E-state index < -0.39 is 11.6 Å². The van der Waals surface area contributed by atoms with Crippen LogP contribution in [0, 0.1) is 11.6 Å². The van der Waals surface area contributed by atoms with Gasteiger partial charge < -0.3 is 10.4 Å². The molecule has 4 heteroatoms. The quantitative estimate of drug-likeness (QED) is 0.862. The van der Waals surface area contributed by atoms with Crippen LogP contribution in [0.4, 0.5) is 14.5 Å². The summed E-state index contributed by atoms with van der Waals surface area (Å²) in [7, 11) is 0. The van der Waals surface area contributed by atoms with Gasteiger partial charge in [-0.2, -0.15) is 0 Å². The highest BCUT2D eigenvalue weighted by Gasteiger charge is 2.22. The van der Waals surface area contributed by atoms with Crippen LogP contribution in [0.3, 0.4) is 0 Å². The lowest BCUT2D eigenvalue weighted by atomic mass is 10.1. The van der Waals surface area contributed by atoms with Gasteiger partial charge in [-0.3, -0.25) is 0 Å². The Morgan fingerprint density at radius 2 is 1.79 bits per heavy atom. The van der Waals surface area contributed by atoms with E-state index in [1.165, 1.54) is 12.1 Å². The van der Waals surface area contributed by atoms with Gasteiger partial charge in [0.1, 0.15) is 17.4 Å². The number of hydrogen-bond acceptors (Lipinski definition) is 2. The first-order valence-electron chi connectivity index (χ1n) is 6.16. The number of benzene rings is 2. The van der Waals surface area contributed by atoms with Gasteiger partial charge in [0, 0.05) is 11.8 Å². The molecule has 0 heterocycles. The van der Waals surface area contributed by atoms with Crippen molar-refractivity contribution in [3.8, 4) is 5.75 Å². The smallest absolute Gasteiger partial charge is 0.128 e. The lowest BCUT2D eigenvalue weighted by molar-refractivity contribution is 0.474. The fourth-order valence-corrected chi connectivity index (χ4v) is 2.59. The van der Waals surface area contributed by atoms with E-state index in [2.05, 4.69) is 5.32 Å². The summed E-state index contributed by atoms with van der Waals surface area (Å²) < 4.78 is 26.3. The maximum Gasteiger partial charge on any atom is 0.128 e. The summed E-state index contributed by atoms with van der Waals surface area (Å²) in [5, 5.41) is 12.6. The Morgan fingerprint density at radius 3 is 2.53 bits per heavy atom. The molecule has 98 valence electrons. The van der Waals surface area contributed by atoms with E-state index >= 15 is 0 Å². The first-order valence-corrected chi connectivity index (χ1v) is 6.16. The number of phenols is 1. The van der Waals surface area contributed by atoms with Crippen molar-refractivity contribution in [2.24, 2.45) is 0 Å². The number of halogens is 2. The number of anilines is 1. The lowest BCUT2D eigenvalue weighted by Gasteiger charge is -2.15. The summed E-state index contributed by atoms with van der Waals surface area (Å²) in [6.07, 6.45) is 1.69. The molecule has 0 saturated heterocycles. The molecule has 0 bridgehead atoms. The lowest BCUT2D eigenvalue weighted by Crippen LogP contribution is -2.07. The Hall–Kier alpha value is -2.10. The maximum atomic E-state index is 13.1. The van der Waals surface area contributed by atoms with Crippen LogP contribution < -0.4 is 5.32 Å². The van der Waals surface area contributed by atoms with Gasteiger partial charge in [0.2, 0.25) is 0 Å². The average molecular weight is 261 g/mol. The molecular formula is C15H13F2NO. The second-order valence-electron chi connectivity index (χ2n) is 4.78. The van der Waals surface area contributed by atoms with E-state index in [0.717, 1.165) is 30.0 Å². The number of aryl methyl sites for hydroxylation is 1. The van der Waals surface area contributed by atoms with Crippen molar-refractivity contribution in [1.82, 2.24) is 0 Å². The summed E-state index contributed by atoms with van der Waals surface area (Å²) >= 11 is 0. The molecule has 1 atom stereocenters.